The number of hydrogen-bond donors (Lipinski definition) is 1. The van der Waals surface area contributed by atoms with E-state index in [1.54, 1.807) is 54.6 Å². The summed E-state index contributed by atoms with van der Waals surface area (Å²) >= 11 is 0. The van der Waals surface area contributed by atoms with Gasteiger partial charge in [0, 0.05) is 17.8 Å². The van der Waals surface area contributed by atoms with Crippen LogP contribution in [0.15, 0.2) is 76.1 Å². The Balaban J connectivity index is 1.26. The Hall–Kier alpha value is -4.66. The highest BCUT2D eigenvalue weighted by molar-refractivity contribution is 5.92. The third-order valence-corrected chi connectivity index (χ3v) is 5.11. The number of benzene rings is 3. The normalized spacial score (nSPS) is 11.8. The number of nitrogens with one attached hydrogen (secondary N) is 1. The molecule has 2 heterocycles. The fourth-order valence-electron chi connectivity index (χ4n) is 3.50. The summed E-state index contributed by atoms with van der Waals surface area (Å²) in [7, 11) is 0. The van der Waals surface area contributed by atoms with Gasteiger partial charge in [-0.15, -0.1) is 0 Å². The SMILES string of the molecule is CCOc1ccccc1Oc1coc2cc(OCC(=O)Nc3ccc4c(c3)OCO4)ccc2c1=O. The molecular weight excluding hydrogens is 454 g/mol. The van der Waals surface area contributed by atoms with Crippen molar-refractivity contribution in [1.29, 1.82) is 0 Å². The minimum atomic E-state index is -0.359. The van der Waals surface area contributed by atoms with Crippen LogP contribution in [-0.2, 0) is 4.79 Å². The van der Waals surface area contributed by atoms with Gasteiger partial charge in [-0.2, -0.15) is 0 Å². The first-order valence-electron chi connectivity index (χ1n) is 10.9. The van der Waals surface area contributed by atoms with Gasteiger partial charge in [0.15, 0.2) is 29.6 Å². The molecule has 1 aromatic heterocycles. The summed E-state index contributed by atoms with van der Waals surface area (Å²) in [6.45, 7) is 2.24. The summed E-state index contributed by atoms with van der Waals surface area (Å²) in [6.07, 6.45) is 1.24. The third-order valence-electron chi connectivity index (χ3n) is 5.11. The molecule has 5 rings (SSSR count). The zero-order chi connectivity index (χ0) is 24.2. The van der Waals surface area contributed by atoms with Crippen molar-refractivity contribution in [2.45, 2.75) is 6.92 Å². The first-order chi connectivity index (χ1) is 17.1. The van der Waals surface area contributed by atoms with Gasteiger partial charge in [-0.05, 0) is 43.3 Å². The zero-order valence-corrected chi connectivity index (χ0v) is 18.7. The summed E-state index contributed by atoms with van der Waals surface area (Å²) in [5.74, 6) is 2.18. The molecule has 9 nitrogen and oxygen atoms in total. The molecule has 0 saturated carbocycles. The van der Waals surface area contributed by atoms with E-state index >= 15 is 0 Å². The maximum Gasteiger partial charge on any atom is 0.262 e. The van der Waals surface area contributed by atoms with Crippen LogP contribution in [0.25, 0.3) is 11.0 Å². The second-order valence-corrected chi connectivity index (χ2v) is 7.47. The molecule has 0 radical (unpaired) electrons. The predicted octanol–water partition coefficient (Wildman–Crippen LogP) is 4.73. The number of para-hydroxylation sites is 2. The van der Waals surface area contributed by atoms with Crippen molar-refractivity contribution in [3.63, 3.8) is 0 Å². The quantitative estimate of drug-likeness (QED) is 0.390. The first kappa shape index (κ1) is 22.1. The van der Waals surface area contributed by atoms with E-state index in [1.807, 2.05) is 13.0 Å². The smallest absolute Gasteiger partial charge is 0.262 e. The van der Waals surface area contributed by atoms with Gasteiger partial charge in [-0.1, -0.05) is 12.1 Å². The second kappa shape index (κ2) is 9.68. The highest BCUT2D eigenvalue weighted by Gasteiger charge is 2.15. The van der Waals surface area contributed by atoms with Gasteiger partial charge in [0.05, 0.1) is 12.0 Å². The van der Waals surface area contributed by atoms with E-state index in [4.69, 9.17) is 28.1 Å². The van der Waals surface area contributed by atoms with Gasteiger partial charge in [0.1, 0.15) is 17.6 Å². The Morgan fingerprint density at radius 3 is 2.63 bits per heavy atom. The third kappa shape index (κ3) is 4.84. The molecule has 178 valence electrons. The monoisotopic (exact) mass is 475 g/mol. The van der Waals surface area contributed by atoms with Crippen LogP contribution in [0.1, 0.15) is 6.92 Å². The van der Waals surface area contributed by atoms with E-state index < -0.39 is 0 Å². The zero-order valence-electron chi connectivity index (χ0n) is 18.7. The summed E-state index contributed by atoms with van der Waals surface area (Å²) in [6, 6.07) is 16.9. The molecule has 0 aliphatic carbocycles. The average Bonchev–Trinajstić information content (AvgIpc) is 3.34. The molecule has 0 unspecified atom stereocenters. The maximum absolute atomic E-state index is 12.9. The van der Waals surface area contributed by atoms with Crippen molar-refractivity contribution < 1.29 is 32.9 Å². The van der Waals surface area contributed by atoms with Crippen LogP contribution in [0.2, 0.25) is 0 Å². The van der Waals surface area contributed by atoms with Crippen LogP contribution < -0.4 is 34.4 Å². The van der Waals surface area contributed by atoms with E-state index in [1.165, 1.54) is 6.26 Å². The molecule has 0 atom stereocenters. The number of ether oxygens (including phenoxy) is 5. The van der Waals surface area contributed by atoms with Gasteiger partial charge in [-0.3, -0.25) is 9.59 Å². The first-order valence-corrected chi connectivity index (χ1v) is 10.9. The largest absolute Gasteiger partial charge is 0.490 e. The molecule has 3 aromatic carbocycles. The van der Waals surface area contributed by atoms with Crippen LogP contribution in [0.4, 0.5) is 5.69 Å². The Morgan fingerprint density at radius 1 is 0.943 bits per heavy atom. The Labute approximate surface area is 199 Å². The van der Waals surface area contributed by atoms with E-state index in [2.05, 4.69) is 5.32 Å². The van der Waals surface area contributed by atoms with Gasteiger partial charge in [-0.25, -0.2) is 0 Å². The highest BCUT2D eigenvalue weighted by atomic mass is 16.7. The number of carbonyl (C=O) groups is 1. The molecule has 1 amide bonds. The van der Waals surface area contributed by atoms with Crippen molar-refractivity contribution >= 4 is 22.6 Å². The predicted molar refractivity (Wildman–Crippen MR) is 127 cm³/mol. The Kier molecular flexibility index (Phi) is 6.13. The number of fused-ring (bicyclic) bond motifs is 2. The molecular formula is C26H21NO8. The van der Waals surface area contributed by atoms with E-state index in [0.717, 1.165) is 0 Å². The van der Waals surface area contributed by atoms with Gasteiger partial charge in [0.2, 0.25) is 18.0 Å². The molecule has 1 N–H and O–H groups in total. The standard InChI is InChI=1S/C26H21NO8/c1-2-30-19-5-3-4-6-21(19)35-24-13-32-22-12-17(8-9-18(22)26(24)29)31-14-25(28)27-16-7-10-20-23(11-16)34-15-33-20/h3-13H,2,14-15H2,1H3,(H,27,28). The molecule has 0 fully saturated rings. The number of carbonyl (C=O) groups excluding carboxylic acids is 1. The number of anilines is 1. The van der Waals surface area contributed by atoms with Crippen LogP contribution >= 0.6 is 0 Å². The second-order valence-electron chi connectivity index (χ2n) is 7.47. The molecule has 0 spiro atoms. The van der Waals surface area contributed by atoms with Crippen LogP contribution in [0.3, 0.4) is 0 Å². The molecule has 0 bridgehead atoms. The topological polar surface area (TPSA) is 105 Å². The van der Waals surface area contributed by atoms with Crippen LogP contribution in [0.5, 0.6) is 34.5 Å². The lowest BCUT2D eigenvalue weighted by Crippen LogP contribution is -2.20. The van der Waals surface area contributed by atoms with E-state index in [-0.39, 0.29) is 30.5 Å². The number of amides is 1. The van der Waals surface area contributed by atoms with Crippen molar-refractivity contribution in [1.82, 2.24) is 0 Å². The van der Waals surface area contributed by atoms with E-state index in [9.17, 15) is 9.59 Å². The minimum Gasteiger partial charge on any atom is -0.490 e. The molecule has 1 aliphatic heterocycles. The lowest BCUT2D eigenvalue weighted by Gasteiger charge is -2.11. The summed E-state index contributed by atoms with van der Waals surface area (Å²) in [5, 5.41) is 3.05. The molecule has 0 saturated heterocycles. The highest BCUT2D eigenvalue weighted by Crippen LogP contribution is 2.34. The fourth-order valence-corrected chi connectivity index (χ4v) is 3.50. The van der Waals surface area contributed by atoms with Crippen molar-refractivity contribution in [3.8, 4) is 34.5 Å². The molecule has 35 heavy (non-hydrogen) atoms. The van der Waals surface area contributed by atoms with Crippen molar-refractivity contribution in [2.75, 3.05) is 25.3 Å². The van der Waals surface area contributed by atoms with Gasteiger partial charge < -0.3 is 33.4 Å². The summed E-state index contributed by atoms with van der Waals surface area (Å²) in [4.78, 5) is 25.2. The lowest BCUT2D eigenvalue weighted by molar-refractivity contribution is -0.118. The number of rotatable bonds is 8. The number of hydrogen-bond acceptors (Lipinski definition) is 8. The van der Waals surface area contributed by atoms with Crippen LogP contribution in [-0.4, -0.2) is 25.9 Å². The van der Waals surface area contributed by atoms with Gasteiger partial charge in [0.25, 0.3) is 5.91 Å². The lowest BCUT2D eigenvalue weighted by atomic mass is 10.2. The molecule has 9 heteroatoms. The maximum atomic E-state index is 12.9. The van der Waals surface area contributed by atoms with Crippen molar-refractivity contribution in [3.05, 3.63) is 77.2 Å². The fraction of sp³-hybridized carbons (Fsp3) is 0.154. The van der Waals surface area contributed by atoms with Crippen molar-refractivity contribution in [2.24, 2.45) is 0 Å². The Bertz CT molecular complexity index is 1450. The minimum absolute atomic E-state index is 0.0291. The van der Waals surface area contributed by atoms with E-state index in [0.29, 0.717) is 52.0 Å². The van der Waals surface area contributed by atoms with Crippen LogP contribution in [0, 0.1) is 0 Å². The Morgan fingerprint density at radius 2 is 1.77 bits per heavy atom. The molecule has 1 aliphatic rings. The average molecular weight is 475 g/mol. The summed E-state index contributed by atoms with van der Waals surface area (Å²) < 4.78 is 33.0. The molecule has 4 aromatic rings. The van der Waals surface area contributed by atoms with Gasteiger partial charge >= 0.3 is 0 Å². The summed E-state index contributed by atoms with van der Waals surface area (Å²) in [5.41, 5.74) is 0.518.